The van der Waals surface area contributed by atoms with Crippen molar-refractivity contribution in [3.05, 3.63) is 108 Å². The molecule has 0 spiro atoms. The standard InChI is InChI=1S/C12H19N2.2C6H5.Sn.H2/c1-13(2)9-11-6-5-7-12(8-11)10-14(3)4;2*1-2-4-6-5-3-1;;/h5-7H,9-10H2,1-4H3;2*1-5H;;1H. The SMILES string of the molecule is CN(C)Cc1[c]c(CN(C)C)ccc1.[HH].[Sn].[c]1ccccc1.[c]1ccccc1. The first-order valence-electron chi connectivity index (χ1n) is 8.69. The van der Waals surface area contributed by atoms with Crippen LogP contribution in [-0.2, 0) is 13.1 Å². The summed E-state index contributed by atoms with van der Waals surface area (Å²) in [4.78, 5) is 4.32. The number of hydrogen-bond donors (Lipinski definition) is 0. The molecule has 27 heavy (non-hydrogen) atoms. The third-order valence-electron chi connectivity index (χ3n) is 3.10. The molecule has 0 bridgehead atoms. The van der Waals surface area contributed by atoms with Crippen molar-refractivity contribution in [3.63, 3.8) is 0 Å². The second-order valence-electron chi connectivity index (χ2n) is 6.33. The molecule has 141 valence electrons. The first-order valence-corrected chi connectivity index (χ1v) is 8.69. The fourth-order valence-corrected chi connectivity index (χ4v) is 2.12. The van der Waals surface area contributed by atoms with Gasteiger partial charge in [-0.15, -0.1) is 0 Å². The van der Waals surface area contributed by atoms with Crippen molar-refractivity contribution in [1.82, 2.24) is 9.80 Å². The molecule has 3 heteroatoms. The summed E-state index contributed by atoms with van der Waals surface area (Å²) < 4.78 is 0. The minimum Gasteiger partial charge on any atom is -0.305 e. The van der Waals surface area contributed by atoms with E-state index in [1.165, 1.54) is 11.1 Å². The van der Waals surface area contributed by atoms with E-state index in [4.69, 9.17) is 0 Å². The molecule has 3 aromatic rings. The van der Waals surface area contributed by atoms with Gasteiger partial charge in [0.15, 0.2) is 0 Å². The van der Waals surface area contributed by atoms with Crippen LogP contribution in [0.2, 0.25) is 0 Å². The summed E-state index contributed by atoms with van der Waals surface area (Å²) in [6.07, 6.45) is 0. The normalized spacial score (nSPS) is 9.41. The average Bonchev–Trinajstić information content (AvgIpc) is 2.65. The van der Waals surface area contributed by atoms with Gasteiger partial charge in [0.05, 0.1) is 0 Å². The molecule has 3 rings (SSSR count). The van der Waals surface area contributed by atoms with Crippen molar-refractivity contribution in [2.45, 2.75) is 13.1 Å². The predicted octanol–water partition coefficient (Wildman–Crippen LogP) is 4.45. The summed E-state index contributed by atoms with van der Waals surface area (Å²) in [6.45, 7) is 1.92. The Morgan fingerprint density at radius 3 is 1.22 bits per heavy atom. The summed E-state index contributed by atoms with van der Waals surface area (Å²) in [5.41, 5.74) is 2.52. The van der Waals surface area contributed by atoms with Gasteiger partial charge in [-0.2, -0.15) is 0 Å². The van der Waals surface area contributed by atoms with E-state index in [-0.39, 0.29) is 25.3 Å². The Morgan fingerprint density at radius 1 is 0.630 bits per heavy atom. The molecule has 0 saturated carbocycles. The molecular weight excluding hydrogens is 435 g/mol. The maximum atomic E-state index is 3.42. The smallest absolute Gasteiger partial charge is 0.0233 e. The van der Waals surface area contributed by atoms with Gasteiger partial charge in [0.1, 0.15) is 0 Å². The Hall–Kier alpha value is -1.62. The zero-order chi connectivity index (χ0) is 19.0. The Kier molecular flexibility index (Phi) is 15.6. The Balaban J connectivity index is 0. The van der Waals surface area contributed by atoms with Crippen LogP contribution in [0.15, 0.2) is 78.9 Å². The van der Waals surface area contributed by atoms with E-state index in [2.05, 4.69) is 74.4 Å². The van der Waals surface area contributed by atoms with Crippen LogP contribution in [0.25, 0.3) is 0 Å². The van der Waals surface area contributed by atoms with Crippen molar-refractivity contribution in [3.8, 4) is 0 Å². The van der Waals surface area contributed by atoms with Crippen molar-refractivity contribution >= 4 is 23.9 Å². The van der Waals surface area contributed by atoms with Crippen LogP contribution in [0, 0.1) is 18.2 Å². The first-order chi connectivity index (χ1) is 12.6. The summed E-state index contributed by atoms with van der Waals surface area (Å²) in [5, 5.41) is 0. The summed E-state index contributed by atoms with van der Waals surface area (Å²) in [6, 6.07) is 34.8. The van der Waals surface area contributed by atoms with E-state index in [0.717, 1.165) is 13.1 Å². The minimum atomic E-state index is 0. The molecule has 0 heterocycles. The average molecular weight is 466 g/mol. The molecule has 0 amide bonds. The maximum Gasteiger partial charge on any atom is 0.0233 e. The first kappa shape index (κ1) is 25.4. The second kappa shape index (κ2) is 16.5. The van der Waals surface area contributed by atoms with Crippen LogP contribution in [0.1, 0.15) is 12.6 Å². The molecule has 0 aliphatic heterocycles. The van der Waals surface area contributed by atoms with Gasteiger partial charge in [0, 0.05) is 38.4 Å². The van der Waals surface area contributed by atoms with Crippen molar-refractivity contribution < 1.29 is 1.43 Å². The second-order valence-corrected chi connectivity index (χ2v) is 6.33. The van der Waals surface area contributed by atoms with E-state index in [9.17, 15) is 0 Å². The molecule has 0 aliphatic carbocycles. The number of rotatable bonds is 4. The molecule has 0 aromatic heterocycles. The molecular formula is C24H31N2Sn. The van der Waals surface area contributed by atoms with E-state index in [0.29, 0.717) is 0 Å². The van der Waals surface area contributed by atoms with Crippen LogP contribution in [-0.4, -0.2) is 61.9 Å². The fourth-order valence-electron chi connectivity index (χ4n) is 2.12. The molecule has 0 saturated heterocycles. The molecule has 0 N–H and O–H groups in total. The van der Waals surface area contributed by atoms with Crippen molar-refractivity contribution in [2.75, 3.05) is 28.2 Å². The monoisotopic (exact) mass is 467 g/mol. The third kappa shape index (κ3) is 15.2. The number of hydrogen-bond acceptors (Lipinski definition) is 2. The third-order valence-corrected chi connectivity index (χ3v) is 3.10. The molecule has 7 radical (unpaired) electrons. The number of benzene rings is 3. The van der Waals surface area contributed by atoms with E-state index in [1.807, 2.05) is 60.7 Å². The van der Waals surface area contributed by atoms with E-state index < -0.39 is 0 Å². The van der Waals surface area contributed by atoms with E-state index >= 15 is 0 Å². The van der Waals surface area contributed by atoms with Crippen LogP contribution >= 0.6 is 0 Å². The minimum absolute atomic E-state index is 0. The van der Waals surface area contributed by atoms with Crippen LogP contribution in [0.3, 0.4) is 0 Å². The van der Waals surface area contributed by atoms with Gasteiger partial charge in [-0.1, -0.05) is 78.9 Å². The van der Waals surface area contributed by atoms with Gasteiger partial charge >= 0.3 is 0 Å². The zero-order valence-electron chi connectivity index (χ0n) is 16.8. The Morgan fingerprint density at radius 2 is 1.00 bits per heavy atom. The van der Waals surface area contributed by atoms with Gasteiger partial charge in [-0.05, 0) is 57.5 Å². The fraction of sp³-hybridized carbons (Fsp3) is 0.250. The molecule has 0 unspecified atom stereocenters. The quantitative estimate of drug-likeness (QED) is 0.525. The molecule has 3 aromatic carbocycles. The van der Waals surface area contributed by atoms with Gasteiger partial charge in [-0.25, -0.2) is 0 Å². The maximum absolute atomic E-state index is 3.42. The van der Waals surface area contributed by atoms with Gasteiger partial charge in [-0.3, -0.25) is 0 Å². The topological polar surface area (TPSA) is 6.48 Å². The Labute approximate surface area is 184 Å². The Bertz CT molecular complexity index is 566. The summed E-state index contributed by atoms with van der Waals surface area (Å²) in [7, 11) is 8.30. The van der Waals surface area contributed by atoms with Gasteiger partial charge in [0.25, 0.3) is 0 Å². The molecule has 0 aliphatic rings. The summed E-state index contributed by atoms with van der Waals surface area (Å²) >= 11 is 0. The van der Waals surface area contributed by atoms with Gasteiger partial charge < -0.3 is 9.80 Å². The zero-order valence-corrected chi connectivity index (χ0v) is 19.7. The molecule has 2 nitrogen and oxygen atoms in total. The van der Waals surface area contributed by atoms with Crippen LogP contribution < -0.4 is 0 Å². The molecule has 0 fully saturated rings. The van der Waals surface area contributed by atoms with Crippen LogP contribution in [0.5, 0.6) is 0 Å². The predicted molar refractivity (Wildman–Crippen MR) is 118 cm³/mol. The van der Waals surface area contributed by atoms with Crippen molar-refractivity contribution in [2.24, 2.45) is 0 Å². The number of nitrogens with zero attached hydrogens (tertiary/aromatic N) is 2. The van der Waals surface area contributed by atoms with Gasteiger partial charge in [0.2, 0.25) is 0 Å². The van der Waals surface area contributed by atoms with Crippen molar-refractivity contribution in [1.29, 1.82) is 0 Å². The molecule has 0 atom stereocenters. The largest absolute Gasteiger partial charge is 0.305 e. The van der Waals surface area contributed by atoms with E-state index in [1.54, 1.807) is 0 Å². The summed E-state index contributed by atoms with van der Waals surface area (Å²) in [5.74, 6) is 0. The van der Waals surface area contributed by atoms with Crippen LogP contribution in [0.4, 0.5) is 0 Å².